The van der Waals surface area contributed by atoms with Crippen molar-refractivity contribution < 1.29 is 37.3 Å². The fraction of sp³-hybridized carbons (Fsp3) is 0.980. The zero-order valence-electron chi connectivity index (χ0n) is 40.9. The van der Waals surface area contributed by atoms with E-state index in [1.54, 1.807) is 0 Å². The number of hydrogen-bond acceptors (Lipinski definition) is 7. The van der Waals surface area contributed by atoms with Gasteiger partial charge in [0, 0.05) is 13.0 Å². The van der Waals surface area contributed by atoms with Gasteiger partial charge < -0.3 is 27.9 Å². The van der Waals surface area contributed by atoms with Crippen molar-refractivity contribution in [2.45, 2.75) is 270 Å². The normalized spacial score (nSPS) is 13.5. The van der Waals surface area contributed by atoms with E-state index in [-0.39, 0.29) is 25.8 Å². The van der Waals surface area contributed by atoms with E-state index in [0.29, 0.717) is 24.1 Å². The maximum absolute atomic E-state index is 12.7. The van der Waals surface area contributed by atoms with E-state index in [0.717, 1.165) is 32.1 Å². The third-order valence-electron chi connectivity index (χ3n) is 11.9. The van der Waals surface area contributed by atoms with Crippen molar-refractivity contribution in [1.82, 2.24) is 0 Å². The predicted octanol–water partition coefficient (Wildman–Crippen LogP) is 15.4. The smallest absolute Gasteiger partial charge is 0.306 e. The topological polar surface area (TPSA) is 94.1 Å². The second kappa shape index (κ2) is 45.1. The van der Waals surface area contributed by atoms with Gasteiger partial charge in [0.05, 0.1) is 34.4 Å². The van der Waals surface area contributed by atoms with Crippen molar-refractivity contribution in [2.24, 2.45) is 0 Å². The van der Waals surface area contributed by atoms with Crippen LogP contribution >= 0.6 is 7.82 Å². The average Bonchev–Trinajstić information content (AvgIpc) is 3.20. The number of phosphoric ester groups is 1. The molecule has 0 saturated carbocycles. The van der Waals surface area contributed by atoms with Crippen molar-refractivity contribution in [3.63, 3.8) is 0 Å². The van der Waals surface area contributed by atoms with E-state index < -0.39 is 13.9 Å². The highest BCUT2D eigenvalue weighted by atomic mass is 31.2. The fourth-order valence-electron chi connectivity index (χ4n) is 7.84. The molecule has 0 aliphatic carbocycles. The summed E-state index contributed by atoms with van der Waals surface area (Å²) in [5, 5.41) is 0. The summed E-state index contributed by atoms with van der Waals surface area (Å²) < 4.78 is 34.8. The summed E-state index contributed by atoms with van der Waals surface area (Å²) in [6.45, 7) is 5.49. The Morgan fingerprint density at radius 2 is 0.767 bits per heavy atom. The first-order chi connectivity index (χ1) is 29.1. The van der Waals surface area contributed by atoms with Crippen LogP contribution in [0.25, 0.3) is 0 Å². The molecule has 0 saturated heterocycles. The van der Waals surface area contributed by atoms with Crippen molar-refractivity contribution in [1.29, 1.82) is 0 Å². The Labute approximate surface area is 374 Å². The van der Waals surface area contributed by atoms with Crippen LogP contribution in [0.15, 0.2) is 0 Å². The predicted molar refractivity (Wildman–Crippen MR) is 255 cm³/mol. The van der Waals surface area contributed by atoms with Crippen molar-refractivity contribution >= 4 is 13.8 Å². The fourth-order valence-corrected chi connectivity index (χ4v) is 8.57. The number of ether oxygens (including phenoxy) is 2. The van der Waals surface area contributed by atoms with Gasteiger partial charge in [0.2, 0.25) is 0 Å². The van der Waals surface area contributed by atoms with Crippen LogP contribution in [-0.2, 0) is 27.9 Å². The lowest BCUT2D eigenvalue weighted by molar-refractivity contribution is -0.870. The number of phosphoric acid groups is 1. The minimum atomic E-state index is -4.52. The maximum Gasteiger partial charge on any atom is 0.306 e. The molecule has 0 aliphatic heterocycles. The molecule has 2 atom stereocenters. The number of unbranched alkanes of at least 4 members (excludes halogenated alkanes) is 36. The summed E-state index contributed by atoms with van der Waals surface area (Å²) in [5.74, 6) is -0.325. The van der Waals surface area contributed by atoms with Crippen LogP contribution in [0.4, 0.5) is 0 Å². The number of likely N-dealkylation sites (N-methyl/N-ethyl adjacent to an activating group) is 1. The van der Waals surface area contributed by atoms with Crippen LogP contribution in [0.2, 0.25) is 0 Å². The second-order valence-corrected chi connectivity index (χ2v) is 20.7. The van der Waals surface area contributed by atoms with Gasteiger partial charge in [-0.1, -0.05) is 245 Å². The third kappa shape index (κ3) is 48.5. The summed E-state index contributed by atoms with van der Waals surface area (Å²) in [7, 11) is 1.38. The molecule has 8 nitrogen and oxygen atoms in total. The van der Waals surface area contributed by atoms with E-state index in [9.17, 15) is 14.3 Å². The number of rotatable bonds is 50. The van der Waals surface area contributed by atoms with Gasteiger partial charge in [-0.2, -0.15) is 0 Å². The van der Waals surface area contributed by atoms with Gasteiger partial charge in [-0.25, -0.2) is 0 Å². The molecular weight excluding hydrogens is 770 g/mol. The Bertz CT molecular complexity index is 930. The molecule has 2 unspecified atom stereocenters. The van der Waals surface area contributed by atoms with Gasteiger partial charge in [0.1, 0.15) is 19.3 Å². The standard InChI is InChI=1S/C51H104NO7P/c1-6-8-10-12-14-16-18-20-22-23-24-25-26-27-28-29-30-32-34-36-38-40-42-44-51(53)59-50(49-58-60(54,55)57-47-45-52(3,4)5)48-56-46-43-41-39-37-35-33-31-21-19-17-15-13-11-9-7-2/h50H,6-49H2,1-5H3. The second-order valence-electron chi connectivity index (χ2n) is 19.3. The summed E-state index contributed by atoms with van der Waals surface area (Å²) in [6, 6.07) is 0. The highest BCUT2D eigenvalue weighted by Crippen LogP contribution is 2.38. The van der Waals surface area contributed by atoms with Crippen molar-refractivity contribution in [3.8, 4) is 0 Å². The number of esters is 1. The van der Waals surface area contributed by atoms with E-state index >= 15 is 0 Å². The highest BCUT2D eigenvalue weighted by Gasteiger charge is 2.20. The minimum Gasteiger partial charge on any atom is -0.756 e. The summed E-state index contributed by atoms with van der Waals surface area (Å²) in [6.07, 6.45) is 49.8. The monoisotopic (exact) mass is 874 g/mol. The zero-order valence-corrected chi connectivity index (χ0v) is 41.8. The Morgan fingerprint density at radius 1 is 0.450 bits per heavy atom. The molecule has 9 heteroatoms. The lowest BCUT2D eigenvalue weighted by Crippen LogP contribution is -2.37. The van der Waals surface area contributed by atoms with E-state index in [2.05, 4.69) is 13.8 Å². The molecule has 0 aliphatic rings. The van der Waals surface area contributed by atoms with Gasteiger partial charge in [-0.15, -0.1) is 0 Å². The minimum absolute atomic E-state index is 0.0317. The van der Waals surface area contributed by atoms with Crippen molar-refractivity contribution in [3.05, 3.63) is 0 Å². The van der Waals surface area contributed by atoms with Crippen LogP contribution in [0, 0.1) is 0 Å². The van der Waals surface area contributed by atoms with Crippen LogP contribution in [0.1, 0.15) is 264 Å². The Morgan fingerprint density at radius 3 is 1.10 bits per heavy atom. The molecular formula is C51H104NO7P. The van der Waals surface area contributed by atoms with Gasteiger partial charge in [-0.3, -0.25) is 9.36 Å². The number of carbonyl (C=O) groups excluding carboxylic acids is 1. The van der Waals surface area contributed by atoms with Crippen LogP contribution < -0.4 is 4.89 Å². The van der Waals surface area contributed by atoms with Crippen molar-refractivity contribution in [2.75, 3.05) is 54.1 Å². The summed E-state index contributed by atoms with van der Waals surface area (Å²) in [5.41, 5.74) is 0. The highest BCUT2D eigenvalue weighted by molar-refractivity contribution is 7.45. The van der Waals surface area contributed by atoms with Crippen LogP contribution in [-0.4, -0.2) is 70.7 Å². The number of quaternary nitrogens is 1. The molecule has 0 aromatic rings. The number of hydrogen-bond donors (Lipinski definition) is 0. The Hall–Kier alpha value is -0.500. The molecule has 0 heterocycles. The first-order valence-corrected chi connectivity index (χ1v) is 27.7. The number of nitrogens with zero attached hydrogens (tertiary/aromatic N) is 1. The third-order valence-corrected chi connectivity index (χ3v) is 12.9. The largest absolute Gasteiger partial charge is 0.756 e. The SMILES string of the molecule is CCCCCCCCCCCCCCCCCCCCCCCCCC(=O)OC(COCCCCCCCCCCCCCCCCC)COP(=O)([O-])OCC[N+](C)(C)C. The van der Waals surface area contributed by atoms with E-state index in [1.807, 2.05) is 21.1 Å². The lowest BCUT2D eigenvalue weighted by atomic mass is 10.0. The Balaban J connectivity index is 4.04. The molecule has 0 spiro atoms. The van der Waals surface area contributed by atoms with Gasteiger partial charge >= 0.3 is 5.97 Å². The Kier molecular flexibility index (Phi) is 44.7. The summed E-state index contributed by atoms with van der Waals surface area (Å²) in [4.78, 5) is 25.2. The molecule has 0 bridgehead atoms. The quantitative estimate of drug-likeness (QED) is 0.0260. The molecule has 0 N–H and O–H groups in total. The molecule has 0 rings (SSSR count). The first kappa shape index (κ1) is 59.5. The summed E-state index contributed by atoms with van der Waals surface area (Å²) >= 11 is 0. The van der Waals surface area contributed by atoms with E-state index in [4.69, 9.17) is 18.5 Å². The molecule has 360 valence electrons. The first-order valence-electron chi connectivity index (χ1n) is 26.3. The maximum atomic E-state index is 12.7. The zero-order chi connectivity index (χ0) is 44.1. The molecule has 0 amide bonds. The molecule has 0 fully saturated rings. The molecule has 0 radical (unpaired) electrons. The van der Waals surface area contributed by atoms with Gasteiger partial charge in [0.25, 0.3) is 7.82 Å². The lowest BCUT2D eigenvalue weighted by Gasteiger charge is -2.28. The molecule has 0 aromatic carbocycles. The van der Waals surface area contributed by atoms with Gasteiger partial charge in [0.15, 0.2) is 0 Å². The average molecular weight is 874 g/mol. The van der Waals surface area contributed by atoms with Gasteiger partial charge in [-0.05, 0) is 12.8 Å². The van der Waals surface area contributed by atoms with Crippen LogP contribution in [0.5, 0.6) is 0 Å². The number of carbonyl (C=O) groups is 1. The van der Waals surface area contributed by atoms with E-state index in [1.165, 1.54) is 212 Å². The van der Waals surface area contributed by atoms with Crippen LogP contribution in [0.3, 0.4) is 0 Å². The molecule has 60 heavy (non-hydrogen) atoms. The molecule has 0 aromatic heterocycles.